The summed E-state index contributed by atoms with van der Waals surface area (Å²) in [5.74, 6) is -0.0826. The summed E-state index contributed by atoms with van der Waals surface area (Å²) in [5.41, 5.74) is 3.30. The van der Waals surface area contributed by atoms with Gasteiger partial charge in [-0.25, -0.2) is 0 Å². The minimum absolute atomic E-state index is 0.0868. The average molecular weight is 355 g/mol. The fourth-order valence-corrected chi connectivity index (χ4v) is 2.24. The molecule has 2 aromatic rings. The lowest BCUT2D eigenvalue weighted by atomic mass is 10.1. The van der Waals surface area contributed by atoms with Gasteiger partial charge in [0.05, 0.1) is 13.0 Å². The zero-order valence-electron chi connectivity index (χ0n) is 15.5. The molecule has 0 radical (unpaired) electrons. The van der Waals surface area contributed by atoms with Crippen LogP contribution in [-0.4, -0.2) is 24.6 Å². The van der Waals surface area contributed by atoms with Crippen molar-refractivity contribution in [3.8, 4) is 5.75 Å². The lowest BCUT2D eigenvalue weighted by Gasteiger charge is -2.14. The number of hydrogen-bond donors (Lipinski definition) is 1. The molecule has 0 aliphatic rings. The highest BCUT2D eigenvalue weighted by Gasteiger charge is 2.17. The highest BCUT2D eigenvalue weighted by molar-refractivity contribution is 5.83. The Morgan fingerprint density at radius 3 is 2.15 bits per heavy atom. The molecule has 26 heavy (non-hydrogen) atoms. The van der Waals surface area contributed by atoms with Crippen LogP contribution in [0.1, 0.15) is 30.0 Å². The molecular formula is C21H25NO4. The van der Waals surface area contributed by atoms with E-state index in [-0.39, 0.29) is 18.9 Å². The minimum Gasteiger partial charge on any atom is -0.493 e. The predicted octanol–water partition coefficient (Wildman–Crippen LogP) is 3.32. The number of nitrogens with one attached hydrogen (secondary N) is 1. The lowest BCUT2D eigenvalue weighted by Crippen LogP contribution is -2.35. The van der Waals surface area contributed by atoms with Crippen LogP contribution in [0.2, 0.25) is 0 Å². The van der Waals surface area contributed by atoms with Crippen LogP contribution in [0.15, 0.2) is 48.5 Å². The molecule has 0 heterocycles. The molecule has 0 saturated heterocycles. The van der Waals surface area contributed by atoms with Gasteiger partial charge >= 0.3 is 5.97 Å². The Bertz CT molecular complexity index is 723. The Morgan fingerprint density at radius 2 is 1.54 bits per heavy atom. The van der Waals surface area contributed by atoms with Crippen molar-refractivity contribution < 1.29 is 19.1 Å². The van der Waals surface area contributed by atoms with Gasteiger partial charge < -0.3 is 14.8 Å². The van der Waals surface area contributed by atoms with Gasteiger partial charge in [-0.2, -0.15) is 0 Å². The quantitative estimate of drug-likeness (QED) is 0.738. The Balaban J connectivity index is 1.67. The number of amides is 1. The van der Waals surface area contributed by atoms with E-state index in [1.165, 1.54) is 0 Å². The summed E-state index contributed by atoms with van der Waals surface area (Å²) in [6.07, 6.45) is -0.754. The predicted molar refractivity (Wildman–Crippen MR) is 99.9 cm³/mol. The van der Waals surface area contributed by atoms with Crippen LogP contribution in [0, 0.1) is 13.8 Å². The maximum atomic E-state index is 12.0. The number of hydrogen-bond acceptors (Lipinski definition) is 4. The molecule has 0 saturated carbocycles. The summed E-state index contributed by atoms with van der Waals surface area (Å²) >= 11 is 0. The van der Waals surface area contributed by atoms with E-state index < -0.39 is 12.1 Å². The molecule has 5 nitrogen and oxygen atoms in total. The van der Waals surface area contributed by atoms with Gasteiger partial charge in [-0.3, -0.25) is 9.59 Å². The fraction of sp³-hybridized carbons (Fsp3) is 0.333. The number of benzene rings is 2. The van der Waals surface area contributed by atoms with Crippen LogP contribution in [0.25, 0.3) is 0 Å². The van der Waals surface area contributed by atoms with E-state index in [1.807, 2.05) is 62.4 Å². The second-order valence-electron chi connectivity index (χ2n) is 6.25. The topological polar surface area (TPSA) is 64.6 Å². The largest absolute Gasteiger partial charge is 0.493 e. The standard InChI is InChI=1S/C21H25NO4/c1-15-4-8-18(9-5-15)14-22-21(24)17(3)26-20(23)12-13-25-19-10-6-16(2)7-11-19/h4-11,17H,12-14H2,1-3H3,(H,22,24)/t17-/m1/s1. The summed E-state index contributed by atoms with van der Waals surface area (Å²) in [7, 11) is 0. The molecule has 0 fully saturated rings. The van der Waals surface area contributed by atoms with Gasteiger partial charge in [-0.05, 0) is 38.5 Å². The van der Waals surface area contributed by atoms with Crippen LogP contribution >= 0.6 is 0 Å². The summed E-state index contributed by atoms with van der Waals surface area (Å²) in [6.45, 7) is 6.17. The third-order valence-corrected chi connectivity index (χ3v) is 3.86. The van der Waals surface area contributed by atoms with Crippen molar-refractivity contribution in [3.05, 3.63) is 65.2 Å². The maximum Gasteiger partial charge on any atom is 0.310 e. The van der Waals surface area contributed by atoms with Gasteiger partial charge in [0.1, 0.15) is 5.75 Å². The van der Waals surface area contributed by atoms with Gasteiger partial charge in [-0.15, -0.1) is 0 Å². The summed E-state index contributed by atoms with van der Waals surface area (Å²) in [6, 6.07) is 15.5. The van der Waals surface area contributed by atoms with E-state index >= 15 is 0 Å². The molecule has 1 N–H and O–H groups in total. The first kappa shape index (κ1) is 19.5. The zero-order chi connectivity index (χ0) is 18.9. The van der Waals surface area contributed by atoms with Crippen LogP contribution in [0.4, 0.5) is 0 Å². The van der Waals surface area contributed by atoms with Gasteiger partial charge in [0, 0.05) is 6.54 Å². The van der Waals surface area contributed by atoms with Gasteiger partial charge in [0.25, 0.3) is 5.91 Å². The molecular weight excluding hydrogens is 330 g/mol. The first-order valence-corrected chi connectivity index (χ1v) is 8.66. The molecule has 5 heteroatoms. The number of rotatable bonds is 8. The van der Waals surface area contributed by atoms with Crippen molar-refractivity contribution in [1.82, 2.24) is 5.32 Å². The first-order chi connectivity index (χ1) is 12.4. The molecule has 1 amide bonds. The van der Waals surface area contributed by atoms with E-state index in [2.05, 4.69) is 5.32 Å². The Kier molecular flexibility index (Phi) is 7.21. The highest BCUT2D eigenvalue weighted by Crippen LogP contribution is 2.11. The van der Waals surface area contributed by atoms with Crippen molar-refractivity contribution >= 4 is 11.9 Å². The zero-order valence-corrected chi connectivity index (χ0v) is 15.5. The smallest absolute Gasteiger partial charge is 0.310 e. The summed E-state index contributed by atoms with van der Waals surface area (Å²) in [4.78, 5) is 23.9. The van der Waals surface area contributed by atoms with Crippen LogP contribution in [0.5, 0.6) is 5.75 Å². The lowest BCUT2D eigenvalue weighted by molar-refractivity contribution is -0.155. The Labute approximate surface area is 154 Å². The van der Waals surface area contributed by atoms with E-state index in [9.17, 15) is 9.59 Å². The van der Waals surface area contributed by atoms with Crippen molar-refractivity contribution in [2.24, 2.45) is 0 Å². The van der Waals surface area contributed by atoms with E-state index in [0.29, 0.717) is 12.3 Å². The number of ether oxygens (including phenoxy) is 2. The maximum absolute atomic E-state index is 12.0. The minimum atomic E-state index is -0.840. The molecule has 0 aromatic heterocycles. The molecule has 0 bridgehead atoms. The van der Waals surface area contributed by atoms with Crippen molar-refractivity contribution in [3.63, 3.8) is 0 Å². The second-order valence-corrected chi connectivity index (χ2v) is 6.25. The van der Waals surface area contributed by atoms with Gasteiger partial charge in [-0.1, -0.05) is 47.5 Å². The normalized spacial score (nSPS) is 11.5. The second kappa shape index (κ2) is 9.61. The van der Waals surface area contributed by atoms with Crippen LogP contribution in [-0.2, 0) is 20.9 Å². The molecule has 2 rings (SSSR count). The molecule has 0 aliphatic carbocycles. The number of carbonyl (C=O) groups is 2. The van der Waals surface area contributed by atoms with Crippen molar-refractivity contribution in [2.75, 3.05) is 6.61 Å². The fourth-order valence-electron chi connectivity index (χ4n) is 2.24. The molecule has 0 unspecified atom stereocenters. The third kappa shape index (κ3) is 6.59. The molecule has 2 aromatic carbocycles. The highest BCUT2D eigenvalue weighted by atomic mass is 16.5. The van der Waals surface area contributed by atoms with Gasteiger partial charge in [0.15, 0.2) is 6.10 Å². The Morgan fingerprint density at radius 1 is 0.962 bits per heavy atom. The first-order valence-electron chi connectivity index (χ1n) is 8.66. The van der Waals surface area contributed by atoms with Crippen molar-refractivity contribution in [2.45, 2.75) is 39.8 Å². The molecule has 138 valence electrons. The number of esters is 1. The molecule has 0 spiro atoms. The van der Waals surface area contributed by atoms with E-state index in [1.54, 1.807) is 6.92 Å². The summed E-state index contributed by atoms with van der Waals surface area (Å²) < 4.78 is 10.6. The molecule has 1 atom stereocenters. The van der Waals surface area contributed by atoms with Crippen molar-refractivity contribution in [1.29, 1.82) is 0 Å². The number of carbonyl (C=O) groups excluding carboxylic acids is 2. The van der Waals surface area contributed by atoms with E-state index in [0.717, 1.165) is 16.7 Å². The Hall–Kier alpha value is -2.82. The monoisotopic (exact) mass is 355 g/mol. The molecule has 0 aliphatic heterocycles. The number of aryl methyl sites for hydroxylation is 2. The van der Waals surface area contributed by atoms with Crippen LogP contribution < -0.4 is 10.1 Å². The van der Waals surface area contributed by atoms with E-state index in [4.69, 9.17) is 9.47 Å². The SMILES string of the molecule is Cc1ccc(CNC(=O)[C@@H](C)OC(=O)CCOc2ccc(C)cc2)cc1. The average Bonchev–Trinajstić information content (AvgIpc) is 2.62. The van der Waals surface area contributed by atoms with Crippen LogP contribution in [0.3, 0.4) is 0 Å². The van der Waals surface area contributed by atoms with Gasteiger partial charge in [0.2, 0.25) is 0 Å². The summed E-state index contributed by atoms with van der Waals surface area (Å²) in [5, 5.41) is 2.76. The third-order valence-electron chi connectivity index (χ3n) is 3.86.